The van der Waals surface area contributed by atoms with Gasteiger partial charge in [-0.1, -0.05) is 44.2 Å². The number of benzene rings is 2. The van der Waals surface area contributed by atoms with Crippen LogP contribution in [0.15, 0.2) is 59.5 Å². The Hall–Kier alpha value is -3.74. The highest BCUT2D eigenvalue weighted by Crippen LogP contribution is 2.24. The van der Waals surface area contributed by atoms with Gasteiger partial charge in [0.05, 0.1) is 17.6 Å². The van der Waals surface area contributed by atoms with Crippen molar-refractivity contribution >= 4 is 22.5 Å². The maximum absolute atomic E-state index is 13.4. The average molecular weight is 415 g/mol. The van der Waals surface area contributed by atoms with Gasteiger partial charge in [0.1, 0.15) is 12.1 Å². The van der Waals surface area contributed by atoms with Gasteiger partial charge in [-0.25, -0.2) is 9.36 Å². The highest BCUT2D eigenvalue weighted by molar-refractivity contribution is 5.91. The largest absolute Gasteiger partial charge is 0.324 e. The van der Waals surface area contributed by atoms with Crippen LogP contribution in [0.5, 0.6) is 0 Å². The number of hydrogen-bond acceptors (Lipinski definition) is 4. The standard InChI is InChI=1S/C24H25N5O2/c1-15(2)22-19-13-25-29(20-11-6-5-9-17(20)4)23(19)24(31)28(27-22)14-21(30)26-18-10-7-8-16(3)12-18/h5-13,15H,14H2,1-4H3,(H,26,30). The number of hydrogen-bond donors (Lipinski definition) is 1. The van der Waals surface area contributed by atoms with Crippen LogP contribution in [0.25, 0.3) is 16.6 Å². The van der Waals surface area contributed by atoms with Crippen molar-refractivity contribution in [3.8, 4) is 5.69 Å². The van der Waals surface area contributed by atoms with Crippen LogP contribution in [0.3, 0.4) is 0 Å². The van der Waals surface area contributed by atoms with E-state index in [-0.39, 0.29) is 23.9 Å². The van der Waals surface area contributed by atoms with E-state index < -0.39 is 0 Å². The Morgan fingerprint density at radius 1 is 1.10 bits per heavy atom. The fourth-order valence-electron chi connectivity index (χ4n) is 3.67. The number of rotatable bonds is 5. The van der Waals surface area contributed by atoms with Crippen LogP contribution in [0.1, 0.15) is 36.6 Å². The molecule has 0 aliphatic rings. The molecule has 0 unspecified atom stereocenters. The number of carbonyl (C=O) groups is 1. The van der Waals surface area contributed by atoms with Crippen LogP contribution < -0.4 is 10.9 Å². The van der Waals surface area contributed by atoms with Crippen LogP contribution in [-0.4, -0.2) is 25.5 Å². The molecular weight excluding hydrogens is 390 g/mol. The van der Waals surface area contributed by atoms with Crippen LogP contribution in [-0.2, 0) is 11.3 Å². The average Bonchev–Trinajstić information content (AvgIpc) is 3.15. The van der Waals surface area contributed by atoms with Gasteiger partial charge >= 0.3 is 0 Å². The lowest BCUT2D eigenvalue weighted by Gasteiger charge is -2.13. The van der Waals surface area contributed by atoms with Crippen molar-refractivity contribution in [1.82, 2.24) is 19.6 Å². The molecule has 31 heavy (non-hydrogen) atoms. The van der Waals surface area contributed by atoms with E-state index in [2.05, 4.69) is 15.5 Å². The monoisotopic (exact) mass is 415 g/mol. The number of aromatic nitrogens is 4. The predicted molar refractivity (Wildman–Crippen MR) is 122 cm³/mol. The maximum Gasteiger partial charge on any atom is 0.293 e. The molecule has 7 heteroatoms. The Balaban J connectivity index is 1.80. The molecule has 158 valence electrons. The first-order valence-corrected chi connectivity index (χ1v) is 10.3. The minimum atomic E-state index is -0.348. The van der Waals surface area contributed by atoms with Gasteiger partial charge in [-0.3, -0.25) is 9.59 Å². The molecule has 4 rings (SSSR count). The van der Waals surface area contributed by atoms with Gasteiger partial charge < -0.3 is 5.32 Å². The molecule has 0 atom stereocenters. The van der Waals surface area contributed by atoms with Gasteiger partial charge in [0, 0.05) is 11.1 Å². The second kappa shape index (κ2) is 8.18. The molecule has 0 saturated heterocycles. The summed E-state index contributed by atoms with van der Waals surface area (Å²) >= 11 is 0. The zero-order valence-corrected chi connectivity index (χ0v) is 18.1. The number of carbonyl (C=O) groups excluding carboxylic acids is 1. The molecule has 0 radical (unpaired) electrons. The molecule has 2 aromatic heterocycles. The third-order valence-corrected chi connectivity index (χ3v) is 5.20. The number of nitrogens with zero attached hydrogens (tertiary/aromatic N) is 4. The molecule has 1 amide bonds. The fraction of sp³-hybridized carbons (Fsp3) is 0.250. The summed E-state index contributed by atoms with van der Waals surface area (Å²) in [5.41, 5.74) is 4.37. The van der Waals surface area contributed by atoms with Crippen molar-refractivity contribution in [2.75, 3.05) is 5.32 Å². The quantitative estimate of drug-likeness (QED) is 0.535. The zero-order valence-electron chi connectivity index (χ0n) is 18.1. The number of fused-ring (bicyclic) bond motifs is 1. The highest BCUT2D eigenvalue weighted by Gasteiger charge is 2.20. The van der Waals surface area contributed by atoms with Crippen LogP contribution >= 0.6 is 0 Å². The normalized spacial score (nSPS) is 11.3. The summed E-state index contributed by atoms with van der Waals surface area (Å²) in [5, 5.41) is 12.6. The molecular formula is C24H25N5O2. The molecule has 7 nitrogen and oxygen atoms in total. The SMILES string of the molecule is Cc1cccc(NC(=O)Cn2nc(C(C)C)c3cnn(-c4ccccc4C)c3c2=O)c1. The maximum atomic E-state index is 13.4. The van der Waals surface area contributed by atoms with Gasteiger partial charge in [-0.15, -0.1) is 0 Å². The minimum Gasteiger partial charge on any atom is -0.324 e. The van der Waals surface area contributed by atoms with E-state index in [9.17, 15) is 9.59 Å². The van der Waals surface area contributed by atoms with Crippen LogP contribution in [0, 0.1) is 13.8 Å². The summed E-state index contributed by atoms with van der Waals surface area (Å²) in [6.45, 7) is 7.77. The summed E-state index contributed by atoms with van der Waals surface area (Å²) in [6, 6.07) is 15.3. The van der Waals surface area contributed by atoms with E-state index in [1.807, 2.05) is 76.2 Å². The first-order chi connectivity index (χ1) is 14.8. The van der Waals surface area contributed by atoms with Crippen molar-refractivity contribution in [2.45, 2.75) is 40.2 Å². The number of nitrogens with one attached hydrogen (secondary N) is 1. The molecule has 4 aromatic rings. The first-order valence-electron chi connectivity index (χ1n) is 10.3. The van der Waals surface area contributed by atoms with Crippen LogP contribution in [0.4, 0.5) is 5.69 Å². The van der Waals surface area contributed by atoms with Gasteiger partial charge in [-0.05, 0) is 49.1 Å². The molecule has 0 aliphatic heterocycles. The Labute approximate surface area is 180 Å². The third kappa shape index (κ3) is 3.99. The van der Waals surface area contributed by atoms with E-state index in [1.54, 1.807) is 10.9 Å². The number of anilines is 1. The van der Waals surface area contributed by atoms with Crippen molar-refractivity contribution in [3.63, 3.8) is 0 Å². The molecule has 0 aliphatic carbocycles. The summed E-state index contributed by atoms with van der Waals surface area (Å²) in [6.07, 6.45) is 1.68. The topological polar surface area (TPSA) is 81.8 Å². The molecule has 1 N–H and O–H groups in total. The fourth-order valence-corrected chi connectivity index (χ4v) is 3.67. The van der Waals surface area contributed by atoms with Gasteiger partial charge in [0.25, 0.3) is 5.56 Å². The van der Waals surface area contributed by atoms with Crippen molar-refractivity contribution in [2.24, 2.45) is 0 Å². The van der Waals surface area contributed by atoms with Crippen molar-refractivity contribution in [3.05, 3.63) is 81.9 Å². The van der Waals surface area contributed by atoms with Crippen LogP contribution in [0.2, 0.25) is 0 Å². The highest BCUT2D eigenvalue weighted by atomic mass is 16.2. The Bertz CT molecular complexity index is 1330. The van der Waals surface area contributed by atoms with Gasteiger partial charge in [0.2, 0.25) is 5.91 Å². The summed E-state index contributed by atoms with van der Waals surface area (Å²) in [4.78, 5) is 26.0. The van der Waals surface area contributed by atoms with E-state index in [4.69, 9.17) is 0 Å². The molecule has 0 fully saturated rings. The van der Waals surface area contributed by atoms with Crippen molar-refractivity contribution in [1.29, 1.82) is 0 Å². The Kier molecular flexibility index (Phi) is 5.42. The summed E-state index contributed by atoms with van der Waals surface area (Å²) in [5.74, 6) is -0.250. The number of amides is 1. The molecule has 2 heterocycles. The summed E-state index contributed by atoms with van der Waals surface area (Å²) < 4.78 is 2.88. The number of para-hydroxylation sites is 1. The van der Waals surface area contributed by atoms with E-state index >= 15 is 0 Å². The molecule has 0 bridgehead atoms. The number of aryl methyl sites for hydroxylation is 2. The lowest BCUT2D eigenvalue weighted by Crippen LogP contribution is -2.31. The Morgan fingerprint density at radius 2 is 1.87 bits per heavy atom. The second-order valence-corrected chi connectivity index (χ2v) is 8.03. The third-order valence-electron chi connectivity index (χ3n) is 5.20. The van der Waals surface area contributed by atoms with Gasteiger partial charge in [0.15, 0.2) is 0 Å². The van der Waals surface area contributed by atoms with Crippen molar-refractivity contribution < 1.29 is 4.79 Å². The summed E-state index contributed by atoms with van der Waals surface area (Å²) in [7, 11) is 0. The lowest BCUT2D eigenvalue weighted by molar-refractivity contribution is -0.117. The van der Waals surface area contributed by atoms with Gasteiger partial charge in [-0.2, -0.15) is 10.2 Å². The molecule has 2 aromatic carbocycles. The van der Waals surface area contributed by atoms with E-state index in [0.717, 1.165) is 22.5 Å². The zero-order chi connectivity index (χ0) is 22.1. The molecule has 0 saturated carbocycles. The van der Waals surface area contributed by atoms with E-state index in [0.29, 0.717) is 16.6 Å². The molecule has 0 spiro atoms. The van der Waals surface area contributed by atoms with E-state index in [1.165, 1.54) is 4.68 Å². The Morgan fingerprint density at radius 3 is 2.58 bits per heavy atom. The second-order valence-electron chi connectivity index (χ2n) is 8.03. The lowest BCUT2D eigenvalue weighted by atomic mass is 10.1. The smallest absolute Gasteiger partial charge is 0.293 e. The minimum absolute atomic E-state index is 0.0590. The predicted octanol–water partition coefficient (Wildman–Crippen LogP) is 3.96. The first kappa shape index (κ1) is 20.5.